The van der Waals surface area contributed by atoms with Gasteiger partial charge in [0.2, 0.25) is 0 Å². The maximum Gasteiger partial charge on any atom is 0.408 e. The van der Waals surface area contributed by atoms with Crippen LogP contribution in [0.2, 0.25) is 0 Å². The Kier molecular flexibility index (Phi) is 8.77. The number of hydrogen-bond donors (Lipinski definition) is 3. The predicted octanol–water partition coefficient (Wildman–Crippen LogP) is 0.871. The molecule has 0 aliphatic rings. The van der Waals surface area contributed by atoms with E-state index in [0.717, 1.165) is 12.8 Å². The van der Waals surface area contributed by atoms with E-state index in [1.165, 1.54) is 6.08 Å². The average molecular weight is 244 g/mol. The molecule has 0 saturated heterocycles. The quantitative estimate of drug-likeness (QED) is 0.412. The lowest BCUT2D eigenvalue weighted by Gasteiger charge is -2.13. The van der Waals surface area contributed by atoms with Crippen LogP contribution in [0.3, 0.4) is 0 Å². The van der Waals surface area contributed by atoms with Crippen molar-refractivity contribution in [1.82, 2.24) is 5.32 Å². The third-order valence-corrected chi connectivity index (χ3v) is 2.12. The van der Waals surface area contributed by atoms with Crippen LogP contribution in [0.5, 0.6) is 0 Å². The van der Waals surface area contributed by atoms with Crippen molar-refractivity contribution in [2.24, 2.45) is 5.73 Å². The third kappa shape index (κ3) is 8.27. The highest BCUT2D eigenvalue weighted by Crippen LogP contribution is 2.04. The minimum absolute atomic E-state index is 0.0609. The van der Waals surface area contributed by atoms with E-state index in [1.54, 1.807) is 0 Å². The van der Waals surface area contributed by atoms with Gasteiger partial charge in [0.1, 0.15) is 12.6 Å². The summed E-state index contributed by atoms with van der Waals surface area (Å²) in [5, 5.41) is 11.2. The van der Waals surface area contributed by atoms with Gasteiger partial charge in [-0.15, -0.1) is 0 Å². The van der Waals surface area contributed by atoms with Crippen molar-refractivity contribution in [3.63, 3.8) is 0 Å². The normalized spacial score (nSPS) is 11.6. The first kappa shape index (κ1) is 15.4. The molecule has 17 heavy (non-hydrogen) atoms. The number of ether oxygens (including phenoxy) is 1. The molecule has 0 heterocycles. The summed E-state index contributed by atoms with van der Waals surface area (Å²) in [6.07, 6.45) is 3.46. The Labute approximate surface area is 101 Å². The van der Waals surface area contributed by atoms with Gasteiger partial charge in [-0.05, 0) is 19.4 Å². The van der Waals surface area contributed by atoms with Gasteiger partial charge >= 0.3 is 12.1 Å². The zero-order valence-electron chi connectivity index (χ0n) is 9.85. The van der Waals surface area contributed by atoms with Gasteiger partial charge in [0.05, 0.1) is 0 Å². The molecule has 0 spiro atoms. The molecular formula is C11H20N2O4. The molecule has 0 aliphatic carbocycles. The van der Waals surface area contributed by atoms with E-state index >= 15 is 0 Å². The van der Waals surface area contributed by atoms with Crippen LogP contribution < -0.4 is 11.1 Å². The molecule has 0 rings (SSSR count). The van der Waals surface area contributed by atoms with Gasteiger partial charge in [-0.1, -0.05) is 25.5 Å². The van der Waals surface area contributed by atoms with Gasteiger partial charge in [0, 0.05) is 0 Å². The summed E-state index contributed by atoms with van der Waals surface area (Å²) in [5.41, 5.74) is 5.33. The molecule has 0 saturated carbocycles. The first-order valence-corrected chi connectivity index (χ1v) is 5.58. The summed E-state index contributed by atoms with van der Waals surface area (Å²) < 4.78 is 4.65. The van der Waals surface area contributed by atoms with Crippen molar-refractivity contribution in [2.75, 3.05) is 13.2 Å². The maximum atomic E-state index is 11.1. The molecule has 0 aromatic heterocycles. The summed E-state index contributed by atoms with van der Waals surface area (Å²) in [4.78, 5) is 22.0. The van der Waals surface area contributed by atoms with Gasteiger partial charge in [-0.3, -0.25) is 0 Å². The molecule has 1 unspecified atom stereocenters. The highest BCUT2D eigenvalue weighted by molar-refractivity contribution is 5.79. The summed E-state index contributed by atoms with van der Waals surface area (Å²) in [6.45, 7) is 4.03. The summed E-state index contributed by atoms with van der Waals surface area (Å²) >= 11 is 0. The van der Waals surface area contributed by atoms with Gasteiger partial charge < -0.3 is 20.9 Å². The standard InChI is InChI=1S/C11H20N2O4/c1-2-8-17-11(16)13-9(10(14)15)6-4-3-5-7-12/h2,9H,1,3-8,12H2,(H,13,16)(H,14,15). The average Bonchev–Trinajstić information content (AvgIpc) is 2.30. The Morgan fingerprint density at radius 2 is 2.12 bits per heavy atom. The molecule has 1 atom stereocenters. The molecule has 0 aliphatic heterocycles. The molecule has 6 nitrogen and oxygen atoms in total. The molecule has 98 valence electrons. The number of rotatable bonds is 9. The number of carbonyl (C=O) groups is 2. The largest absolute Gasteiger partial charge is 0.480 e. The van der Waals surface area contributed by atoms with Gasteiger partial charge in [0.25, 0.3) is 0 Å². The molecule has 0 bridgehead atoms. The number of hydrogen-bond acceptors (Lipinski definition) is 4. The van der Waals surface area contributed by atoms with Gasteiger partial charge in [-0.2, -0.15) is 0 Å². The number of unbranched alkanes of at least 4 members (excludes halogenated alkanes) is 2. The van der Waals surface area contributed by atoms with Crippen molar-refractivity contribution < 1.29 is 19.4 Å². The Morgan fingerprint density at radius 3 is 2.65 bits per heavy atom. The van der Waals surface area contributed by atoms with Crippen LogP contribution in [-0.4, -0.2) is 36.4 Å². The second-order valence-corrected chi connectivity index (χ2v) is 3.56. The number of nitrogens with two attached hydrogens (primary N) is 1. The first-order chi connectivity index (χ1) is 8.11. The second kappa shape index (κ2) is 9.65. The molecule has 4 N–H and O–H groups in total. The third-order valence-electron chi connectivity index (χ3n) is 2.12. The zero-order valence-corrected chi connectivity index (χ0v) is 9.85. The van der Waals surface area contributed by atoms with Crippen LogP contribution in [-0.2, 0) is 9.53 Å². The SMILES string of the molecule is C=CCOC(=O)NC(CCCCCN)C(=O)O. The number of carboxylic acid groups (broad SMARTS) is 1. The maximum absolute atomic E-state index is 11.1. The van der Waals surface area contributed by atoms with Crippen LogP contribution >= 0.6 is 0 Å². The van der Waals surface area contributed by atoms with E-state index in [2.05, 4.69) is 16.6 Å². The van der Waals surface area contributed by atoms with E-state index in [1.807, 2.05) is 0 Å². The molecule has 6 heteroatoms. The fourth-order valence-electron chi connectivity index (χ4n) is 1.25. The summed E-state index contributed by atoms with van der Waals surface area (Å²) in [5.74, 6) is -1.06. The second-order valence-electron chi connectivity index (χ2n) is 3.56. The van der Waals surface area contributed by atoms with Crippen molar-refractivity contribution in [3.05, 3.63) is 12.7 Å². The van der Waals surface area contributed by atoms with Crippen LogP contribution in [0.4, 0.5) is 4.79 Å². The molecular weight excluding hydrogens is 224 g/mol. The Balaban J connectivity index is 3.93. The van der Waals surface area contributed by atoms with E-state index in [4.69, 9.17) is 10.8 Å². The van der Waals surface area contributed by atoms with E-state index in [9.17, 15) is 9.59 Å². The first-order valence-electron chi connectivity index (χ1n) is 5.58. The number of carboxylic acids is 1. The van der Waals surface area contributed by atoms with Crippen LogP contribution in [0.25, 0.3) is 0 Å². The smallest absolute Gasteiger partial charge is 0.408 e. The number of nitrogens with one attached hydrogen (secondary N) is 1. The topological polar surface area (TPSA) is 102 Å². The lowest BCUT2D eigenvalue weighted by Crippen LogP contribution is -2.41. The Bertz CT molecular complexity index is 256. The fourth-order valence-corrected chi connectivity index (χ4v) is 1.25. The molecule has 1 amide bonds. The molecule has 0 aromatic carbocycles. The Hall–Kier alpha value is -1.56. The Morgan fingerprint density at radius 1 is 1.41 bits per heavy atom. The van der Waals surface area contributed by atoms with Crippen LogP contribution in [0.15, 0.2) is 12.7 Å². The number of alkyl carbamates (subject to hydrolysis) is 1. The monoisotopic (exact) mass is 244 g/mol. The lowest BCUT2D eigenvalue weighted by molar-refractivity contribution is -0.139. The minimum Gasteiger partial charge on any atom is -0.480 e. The van der Waals surface area contributed by atoms with Crippen molar-refractivity contribution >= 4 is 12.1 Å². The van der Waals surface area contributed by atoms with Gasteiger partial charge in [0.15, 0.2) is 0 Å². The highest BCUT2D eigenvalue weighted by atomic mass is 16.5. The van der Waals surface area contributed by atoms with E-state index in [0.29, 0.717) is 19.4 Å². The minimum atomic E-state index is -1.06. The molecule has 0 radical (unpaired) electrons. The van der Waals surface area contributed by atoms with Crippen LogP contribution in [0.1, 0.15) is 25.7 Å². The molecule has 0 aromatic rings. The highest BCUT2D eigenvalue weighted by Gasteiger charge is 2.19. The van der Waals surface area contributed by atoms with Crippen molar-refractivity contribution in [2.45, 2.75) is 31.7 Å². The lowest BCUT2D eigenvalue weighted by atomic mass is 10.1. The van der Waals surface area contributed by atoms with Gasteiger partial charge in [-0.25, -0.2) is 9.59 Å². The summed E-state index contributed by atoms with van der Waals surface area (Å²) in [7, 11) is 0. The zero-order chi connectivity index (χ0) is 13.1. The van der Waals surface area contributed by atoms with Crippen molar-refractivity contribution in [1.29, 1.82) is 0 Å². The predicted molar refractivity (Wildman–Crippen MR) is 63.6 cm³/mol. The van der Waals surface area contributed by atoms with E-state index < -0.39 is 18.1 Å². The number of amides is 1. The molecule has 0 fully saturated rings. The van der Waals surface area contributed by atoms with Crippen molar-refractivity contribution in [3.8, 4) is 0 Å². The van der Waals surface area contributed by atoms with E-state index in [-0.39, 0.29) is 6.61 Å². The number of carbonyl (C=O) groups excluding carboxylic acids is 1. The fraction of sp³-hybridized carbons (Fsp3) is 0.636. The van der Waals surface area contributed by atoms with Crippen LogP contribution in [0, 0.1) is 0 Å². The summed E-state index contributed by atoms with van der Waals surface area (Å²) in [6, 6.07) is -0.912. The number of aliphatic carboxylic acids is 1.